The summed E-state index contributed by atoms with van der Waals surface area (Å²) in [6, 6.07) is 11.7. The van der Waals surface area contributed by atoms with Crippen molar-refractivity contribution in [3.05, 3.63) is 89.6 Å². The smallest absolute Gasteiger partial charge is 0.305 e. The van der Waals surface area contributed by atoms with Crippen molar-refractivity contribution in [2.24, 2.45) is 21.6 Å². The fourth-order valence-corrected chi connectivity index (χ4v) is 6.87. The molecule has 6 amide bonds. The topological polar surface area (TPSA) is 368 Å². The van der Waals surface area contributed by atoms with Crippen LogP contribution in [0.15, 0.2) is 87.9 Å². The van der Waals surface area contributed by atoms with Gasteiger partial charge in [-0.1, -0.05) is 48.5 Å². The molecule has 13 N–H and O–H groups in total. The number of aromatic nitrogens is 1. The van der Waals surface area contributed by atoms with E-state index < -0.39 is 88.7 Å². The molecule has 1 aliphatic heterocycles. The Balaban J connectivity index is 1.46. The SMILES string of the molecule is NC(N)=NCCC[C@@H]1NC(=O)CNC(=O)[C@@H](CC(=O)O)NC(=O)[C@@H](Cc2ccccc2)NC(=O)[C@@H](CCCCNC(=O)c2ccc(N/N=C\c3ccccc3S(=O)(=O)O)nc2)NC1=O. The lowest BCUT2D eigenvalue weighted by Gasteiger charge is -2.26. The largest absolute Gasteiger partial charge is 0.481 e. The standard InChI is InChI=1S/C40H50N12O11S/c41-40(42)44-18-8-13-27-37(58)49-28(12-6-7-17-43-35(56)26-15-16-32(45-21-26)52-47-22-25-11-4-5-14-31(25)64(61,62)63)38(59)50-29(19-24-9-2-1-3-10-24)39(60)51-30(20-34(54)55)36(57)46-23-33(53)48-27/h1-5,9-11,14-16,21-22,27-30H,6-8,12-13,17-20,23H2,(H,43,56)(H,45,52)(H,46,57)(H,48,53)(H,49,58)(H,50,59)(H,51,60)(H,54,55)(H4,41,42,44)(H,61,62,63)/b47-22-/t27-,28+,29+,30+/m0/s1. The second kappa shape index (κ2) is 24.2. The minimum absolute atomic E-state index is 0.000612. The third kappa shape index (κ3) is 16.4. The van der Waals surface area contributed by atoms with E-state index in [1.807, 2.05) is 0 Å². The second-order valence-corrected chi connectivity index (χ2v) is 15.7. The Kier molecular flexibility index (Phi) is 18.6. The fourth-order valence-electron chi connectivity index (χ4n) is 6.20. The third-order valence-electron chi connectivity index (χ3n) is 9.39. The lowest BCUT2D eigenvalue weighted by Crippen LogP contribution is -2.58. The Morgan fingerprint density at radius 3 is 2.11 bits per heavy atom. The number of amides is 6. The van der Waals surface area contributed by atoms with Crippen molar-refractivity contribution in [1.82, 2.24) is 36.9 Å². The molecular formula is C40H50N12O11S. The lowest BCUT2D eigenvalue weighted by atomic mass is 10.0. The number of aliphatic carboxylic acids is 1. The summed E-state index contributed by atoms with van der Waals surface area (Å²) in [6.07, 6.45) is 2.34. The molecule has 24 heteroatoms. The van der Waals surface area contributed by atoms with E-state index in [1.54, 1.807) is 36.4 Å². The number of guanidine groups is 1. The highest BCUT2D eigenvalue weighted by atomic mass is 32.2. The van der Waals surface area contributed by atoms with Crippen LogP contribution in [0.1, 0.15) is 60.0 Å². The van der Waals surface area contributed by atoms with Gasteiger partial charge in [-0.25, -0.2) is 4.98 Å². The summed E-state index contributed by atoms with van der Waals surface area (Å²) >= 11 is 0. The number of nitrogens with one attached hydrogen (secondary N) is 7. The van der Waals surface area contributed by atoms with Crippen LogP contribution in [0.4, 0.5) is 5.82 Å². The van der Waals surface area contributed by atoms with Crippen LogP contribution in [0.25, 0.3) is 0 Å². The number of anilines is 1. The number of unbranched alkanes of at least 4 members (excludes halogenated alkanes) is 1. The van der Waals surface area contributed by atoms with Gasteiger partial charge in [-0.2, -0.15) is 13.5 Å². The molecule has 3 aromatic rings. The van der Waals surface area contributed by atoms with Crippen molar-refractivity contribution in [1.29, 1.82) is 0 Å². The van der Waals surface area contributed by atoms with Gasteiger partial charge in [-0.3, -0.25) is 48.5 Å². The number of pyridine rings is 1. The molecule has 1 aliphatic rings. The number of aliphatic imine (C=N–C) groups is 1. The van der Waals surface area contributed by atoms with E-state index in [0.717, 1.165) is 0 Å². The Hall–Kier alpha value is -7.47. The first-order valence-electron chi connectivity index (χ1n) is 19.9. The first-order chi connectivity index (χ1) is 30.5. The molecule has 2 heterocycles. The van der Waals surface area contributed by atoms with Gasteiger partial charge >= 0.3 is 5.97 Å². The summed E-state index contributed by atoms with van der Waals surface area (Å²) in [5.41, 5.74) is 14.4. The molecule has 1 fully saturated rings. The summed E-state index contributed by atoms with van der Waals surface area (Å²) < 4.78 is 32.6. The Morgan fingerprint density at radius 2 is 1.44 bits per heavy atom. The lowest BCUT2D eigenvalue weighted by molar-refractivity contribution is -0.141. The number of nitrogens with two attached hydrogens (primary N) is 2. The molecule has 0 radical (unpaired) electrons. The van der Waals surface area contributed by atoms with Crippen LogP contribution in [0, 0.1) is 0 Å². The maximum absolute atomic E-state index is 14.0. The van der Waals surface area contributed by atoms with Crippen LogP contribution >= 0.6 is 0 Å². The van der Waals surface area contributed by atoms with Crippen molar-refractivity contribution in [3.8, 4) is 0 Å². The van der Waals surface area contributed by atoms with Crippen molar-refractivity contribution in [2.45, 2.75) is 74.0 Å². The van der Waals surface area contributed by atoms with Crippen LogP contribution in [-0.4, -0.2) is 120 Å². The number of hydrogen-bond donors (Lipinski definition) is 11. The van der Waals surface area contributed by atoms with Crippen LogP contribution in [-0.2, 0) is 45.3 Å². The second-order valence-electron chi connectivity index (χ2n) is 14.3. The quantitative estimate of drug-likeness (QED) is 0.0228. The summed E-state index contributed by atoms with van der Waals surface area (Å²) in [5.74, 6) is -6.12. The van der Waals surface area contributed by atoms with Gasteiger partial charge in [0.2, 0.25) is 29.5 Å². The summed E-state index contributed by atoms with van der Waals surface area (Å²) in [6.45, 7) is -0.443. The predicted octanol–water partition coefficient (Wildman–Crippen LogP) is -1.49. The summed E-state index contributed by atoms with van der Waals surface area (Å²) in [7, 11) is -4.48. The van der Waals surface area contributed by atoms with Crippen molar-refractivity contribution >= 4 is 69.5 Å². The highest BCUT2D eigenvalue weighted by Crippen LogP contribution is 2.14. The van der Waals surface area contributed by atoms with E-state index in [4.69, 9.17) is 11.5 Å². The Bertz CT molecular complexity index is 2310. The first kappa shape index (κ1) is 49.2. The zero-order chi connectivity index (χ0) is 46.6. The number of carboxylic acid groups (broad SMARTS) is 1. The van der Waals surface area contributed by atoms with Gasteiger partial charge in [-0.15, -0.1) is 0 Å². The van der Waals surface area contributed by atoms with Gasteiger partial charge in [0.05, 0.1) is 24.7 Å². The van der Waals surface area contributed by atoms with E-state index in [2.05, 4.69) is 52.4 Å². The number of carboxylic acids is 1. The van der Waals surface area contributed by atoms with Gasteiger partial charge < -0.3 is 48.5 Å². The predicted molar refractivity (Wildman–Crippen MR) is 231 cm³/mol. The third-order valence-corrected chi connectivity index (χ3v) is 10.3. The van der Waals surface area contributed by atoms with Crippen LogP contribution in [0.3, 0.4) is 0 Å². The molecule has 342 valence electrons. The van der Waals surface area contributed by atoms with Crippen LogP contribution in [0.2, 0.25) is 0 Å². The minimum atomic E-state index is -4.48. The molecule has 1 aromatic heterocycles. The normalized spacial score (nSPS) is 18.8. The molecule has 2 aromatic carbocycles. The Labute approximate surface area is 367 Å². The summed E-state index contributed by atoms with van der Waals surface area (Å²) in [5, 5.41) is 28.7. The maximum atomic E-state index is 14.0. The molecule has 4 atom stereocenters. The fraction of sp³-hybridized carbons (Fsp3) is 0.350. The molecule has 0 saturated carbocycles. The molecule has 0 aliphatic carbocycles. The van der Waals surface area contributed by atoms with Gasteiger partial charge in [0, 0.05) is 31.3 Å². The average molecular weight is 907 g/mol. The van der Waals surface area contributed by atoms with Crippen molar-refractivity contribution < 1.29 is 51.6 Å². The van der Waals surface area contributed by atoms with Crippen molar-refractivity contribution in [2.75, 3.05) is 25.1 Å². The number of hydrazone groups is 1. The van der Waals surface area contributed by atoms with Gasteiger partial charge in [0.15, 0.2) is 5.96 Å². The number of nitrogens with zero attached hydrogens (tertiary/aromatic N) is 3. The maximum Gasteiger partial charge on any atom is 0.305 e. The number of carbonyl (C=O) groups excluding carboxylic acids is 6. The van der Waals surface area contributed by atoms with Crippen molar-refractivity contribution in [3.63, 3.8) is 0 Å². The van der Waals surface area contributed by atoms with E-state index >= 15 is 0 Å². The molecule has 0 unspecified atom stereocenters. The Morgan fingerprint density at radius 1 is 0.797 bits per heavy atom. The minimum Gasteiger partial charge on any atom is -0.481 e. The van der Waals surface area contributed by atoms with Crippen LogP contribution in [0.5, 0.6) is 0 Å². The molecule has 0 spiro atoms. The zero-order valence-electron chi connectivity index (χ0n) is 34.4. The monoisotopic (exact) mass is 906 g/mol. The van der Waals surface area contributed by atoms with E-state index in [9.17, 15) is 51.6 Å². The van der Waals surface area contributed by atoms with Crippen LogP contribution < -0.4 is 48.8 Å². The number of hydrogen-bond acceptors (Lipinski definition) is 13. The molecule has 1 saturated heterocycles. The molecular weight excluding hydrogens is 857 g/mol. The van der Waals surface area contributed by atoms with E-state index in [1.165, 1.54) is 42.7 Å². The zero-order valence-corrected chi connectivity index (χ0v) is 35.2. The van der Waals surface area contributed by atoms with E-state index in [-0.39, 0.29) is 73.0 Å². The van der Waals surface area contributed by atoms with Gasteiger partial charge in [-0.05, 0) is 55.9 Å². The number of rotatable bonds is 18. The molecule has 0 bridgehead atoms. The number of carbonyl (C=O) groups is 7. The average Bonchev–Trinajstić information content (AvgIpc) is 3.25. The first-order valence-corrected chi connectivity index (χ1v) is 21.3. The molecule has 23 nitrogen and oxygen atoms in total. The van der Waals surface area contributed by atoms with E-state index in [0.29, 0.717) is 12.0 Å². The van der Waals surface area contributed by atoms with Gasteiger partial charge in [0.25, 0.3) is 16.0 Å². The summed E-state index contributed by atoms with van der Waals surface area (Å²) in [4.78, 5) is 99.8. The molecule has 64 heavy (non-hydrogen) atoms. The number of benzene rings is 2. The van der Waals surface area contributed by atoms with Gasteiger partial charge in [0.1, 0.15) is 34.9 Å². The highest BCUT2D eigenvalue weighted by Gasteiger charge is 2.33. The molecule has 4 rings (SSSR count). The highest BCUT2D eigenvalue weighted by molar-refractivity contribution is 7.86.